The van der Waals surface area contributed by atoms with Crippen molar-refractivity contribution in [1.29, 1.82) is 0 Å². The third kappa shape index (κ3) is 4.81. The number of methoxy groups -OCH3 is 1. The van der Waals surface area contributed by atoms with E-state index in [2.05, 4.69) is 41.5 Å². The van der Waals surface area contributed by atoms with Crippen LogP contribution in [0.3, 0.4) is 0 Å². The summed E-state index contributed by atoms with van der Waals surface area (Å²) >= 11 is 0. The second-order valence-electron chi connectivity index (χ2n) is 10.5. The van der Waals surface area contributed by atoms with Gasteiger partial charge in [-0.05, 0) is 43.4 Å². The second kappa shape index (κ2) is 7.43. The third-order valence-electron chi connectivity index (χ3n) is 6.48. The summed E-state index contributed by atoms with van der Waals surface area (Å²) in [7, 11) is 1.72. The molecule has 4 heteroatoms. The molecule has 0 aromatic rings. The average molecular weight is 369 g/mol. The number of hydrogen-bond donors (Lipinski definition) is 1. The quantitative estimate of drug-likeness (QED) is 0.680. The Morgan fingerprint density at radius 2 is 1.85 bits per heavy atom. The molecular weight excluding hydrogens is 328 g/mol. The Morgan fingerprint density at radius 3 is 2.35 bits per heavy atom. The van der Waals surface area contributed by atoms with Gasteiger partial charge < -0.3 is 14.6 Å². The summed E-state index contributed by atoms with van der Waals surface area (Å²) in [5.41, 5.74) is -1.71. The van der Waals surface area contributed by atoms with Crippen LogP contribution in [0.25, 0.3) is 0 Å². The summed E-state index contributed by atoms with van der Waals surface area (Å²) in [6.07, 6.45) is 5.88. The summed E-state index contributed by atoms with van der Waals surface area (Å²) in [4.78, 5) is 13.1. The highest BCUT2D eigenvalue weighted by Gasteiger charge is 2.59. The van der Waals surface area contributed by atoms with E-state index in [9.17, 15) is 9.90 Å². The SMILES string of the molecule is CCC(CC(C)(C)C)C(=O)OC12CC(C)CC(O)(CC(CC)(OC)C1)C2. The fraction of sp³-hybridized carbons (Fsp3) is 0.955. The first-order valence-electron chi connectivity index (χ1n) is 10.4. The summed E-state index contributed by atoms with van der Waals surface area (Å²) in [5, 5.41) is 11.3. The van der Waals surface area contributed by atoms with Gasteiger partial charge in [-0.3, -0.25) is 4.79 Å². The highest BCUT2D eigenvalue weighted by molar-refractivity contribution is 5.73. The molecule has 2 aliphatic rings. The van der Waals surface area contributed by atoms with E-state index in [0.29, 0.717) is 25.2 Å². The molecular formula is C22H40O4. The van der Waals surface area contributed by atoms with Crippen molar-refractivity contribution in [3.05, 3.63) is 0 Å². The zero-order chi connectivity index (χ0) is 19.8. The summed E-state index contributed by atoms with van der Waals surface area (Å²) in [6.45, 7) is 12.8. The number of esters is 1. The van der Waals surface area contributed by atoms with Gasteiger partial charge in [-0.25, -0.2) is 0 Å². The Morgan fingerprint density at radius 1 is 1.19 bits per heavy atom. The maximum atomic E-state index is 13.1. The van der Waals surface area contributed by atoms with Crippen LogP contribution >= 0.6 is 0 Å². The molecule has 0 heterocycles. The van der Waals surface area contributed by atoms with Crippen molar-refractivity contribution in [2.75, 3.05) is 7.11 Å². The van der Waals surface area contributed by atoms with Crippen LogP contribution in [-0.2, 0) is 14.3 Å². The molecule has 0 radical (unpaired) electrons. The van der Waals surface area contributed by atoms with Crippen molar-refractivity contribution in [1.82, 2.24) is 0 Å². The molecule has 2 aliphatic carbocycles. The van der Waals surface area contributed by atoms with Crippen LogP contribution in [0.15, 0.2) is 0 Å². The lowest BCUT2D eigenvalue weighted by Crippen LogP contribution is -2.62. The highest BCUT2D eigenvalue weighted by Crippen LogP contribution is 2.55. The van der Waals surface area contributed by atoms with Gasteiger partial charge in [-0.2, -0.15) is 0 Å². The smallest absolute Gasteiger partial charge is 0.309 e. The minimum Gasteiger partial charge on any atom is -0.459 e. The predicted octanol–water partition coefficient (Wildman–Crippen LogP) is 4.87. The molecule has 0 aliphatic heterocycles. The Kier molecular flexibility index (Phi) is 6.19. The molecule has 26 heavy (non-hydrogen) atoms. The van der Waals surface area contributed by atoms with Gasteiger partial charge in [-0.15, -0.1) is 0 Å². The maximum absolute atomic E-state index is 13.1. The third-order valence-corrected chi connectivity index (χ3v) is 6.48. The Labute approximate surface area is 160 Å². The van der Waals surface area contributed by atoms with Crippen LogP contribution in [0.2, 0.25) is 0 Å². The van der Waals surface area contributed by atoms with E-state index in [-0.39, 0.29) is 17.3 Å². The molecule has 2 fully saturated rings. The Bertz CT molecular complexity index is 505. The van der Waals surface area contributed by atoms with Crippen molar-refractivity contribution in [3.63, 3.8) is 0 Å². The van der Waals surface area contributed by atoms with E-state index < -0.39 is 16.8 Å². The van der Waals surface area contributed by atoms with Gasteiger partial charge in [0.25, 0.3) is 0 Å². The van der Waals surface area contributed by atoms with Gasteiger partial charge in [0.05, 0.1) is 17.1 Å². The van der Waals surface area contributed by atoms with Crippen LogP contribution in [0, 0.1) is 17.3 Å². The lowest BCUT2D eigenvalue weighted by molar-refractivity contribution is -0.235. The fourth-order valence-corrected chi connectivity index (χ4v) is 5.70. The van der Waals surface area contributed by atoms with Crippen LogP contribution in [0.4, 0.5) is 0 Å². The largest absolute Gasteiger partial charge is 0.459 e. The number of carbonyl (C=O) groups excluding carboxylic acids is 1. The first-order chi connectivity index (χ1) is 11.9. The molecule has 0 aromatic heterocycles. The van der Waals surface area contributed by atoms with Gasteiger partial charge in [0, 0.05) is 26.4 Å². The first kappa shape index (κ1) is 21.7. The van der Waals surface area contributed by atoms with Crippen molar-refractivity contribution < 1.29 is 19.4 Å². The number of fused-ring (bicyclic) bond motifs is 2. The first-order valence-corrected chi connectivity index (χ1v) is 10.4. The van der Waals surface area contributed by atoms with Gasteiger partial charge >= 0.3 is 5.97 Å². The number of hydrogen-bond acceptors (Lipinski definition) is 4. The van der Waals surface area contributed by atoms with Crippen molar-refractivity contribution in [3.8, 4) is 0 Å². The Hall–Kier alpha value is -0.610. The number of carbonyl (C=O) groups is 1. The summed E-state index contributed by atoms with van der Waals surface area (Å²) in [5.74, 6) is 0.160. The van der Waals surface area contributed by atoms with E-state index in [4.69, 9.17) is 9.47 Å². The average Bonchev–Trinajstić information content (AvgIpc) is 2.48. The zero-order valence-electron chi connectivity index (χ0n) is 18.0. The molecule has 1 N–H and O–H groups in total. The standard InChI is InChI=1S/C22H40O4/c1-8-17(12-19(4,5)6)18(23)26-22-11-16(3)10-20(24,14-22)13-21(9-2,15-22)25-7/h16-17,24H,8-15H2,1-7H3. The topological polar surface area (TPSA) is 55.8 Å². The van der Waals surface area contributed by atoms with Crippen LogP contribution in [-0.4, -0.2) is 35.0 Å². The van der Waals surface area contributed by atoms with Crippen molar-refractivity contribution in [2.45, 2.75) is 110 Å². The number of aliphatic hydroxyl groups is 1. The maximum Gasteiger partial charge on any atom is 0.309 e. The minimum absolute atomic E-state index is 0.0875. The second-order valence-corrected chi connectivity index (χ2v) is 10.5. The molecule has 4 nitrogen and oxygen atoms in total. The van der Waals surface area contributed by atoms with Gasteiger partial charge in [0.2, 0.25) is 0 Å². The minimum atomic E-state index is -0.798. The summed E-state index contributed by atoms with van der Waals surface area (Å²) < 4.78 is 12.2. The number of rotatable bonds is 6. The normalized spacial score (nSPS) is 38.7. The van der Waals surface area contributed by atoms with Gasteiger partial charge in [0.15, 0.2) is 0 Å². The van der Waals surface area contributed by atoms with Crippen LogP contribution < -0.4 is 0 Å². The van der Waals surface area contributed by atoms with Gasteiger partial charge in [0.1, 0.15) is 5.60 Å². The predicted molar refractivity (Wildman–Crippen MR) is 104 cm³/mol. The lowest BCUT2D eigenvalue weighted by atomic mass is 9.58. The molecule has 2 bridgehead atoms. The fourth-order valence-electron chi connectivity index (χ4n) is 5.70. The molecule has 0 amide bonds. The van der Waals surface area contributed by atoms with Crippen molar-refractivity contribution in [2.24, 2.45) is 17.3 Å². The van der Waals surface area contributed by atoms with E-state index in [1.807, 2.05) is 0 Å². The molecule has 0 saturated heterocycles. The monoisotopic (exact) mass is 368 g/mol. The lowest BCUT2D eigenvalue weighted by Gasteiger charge is -2.57. The summed E-state index contributed by atoms with van der Waals surface area (Å²) in [6, 6.07) is 0. The van der Waals surface area contributed by atoms with Crippen LogP contribution in [0.1, 0.15) is 92.9 Å². The van der Waals surface area contributed by atoms with Crippen molar-refractivity contribution >= 4 is 5.97 Å². The molecule has 152 valence electrons. The molecule has 0 spiro atoms. The Balaban J connectivity index is 2.27. The molecule has 0 aromatic carbocycles. The molecule has 2 saturated carbocycles. The van der Waals surface area contributed by atoms with E-state index in [1.165, 1.54) is 0 Å². The molecule has 5 unspecified atom stereocenters. The highest BCUT2D eigenvalue weighted by atomic mass is 16.6. The van der Waals surface area contributed by atoms with Crippen LogP contribution in [0.5, 0.6) is 0 Å². The zero-order valence-corrected chi connectivity index (χ0v) is 18.0. The van der Waals surface area contributed by atoms with E-state index >= 15 is 0 Å². The molecule has 2 rings (SSSR count). The van der Waals surface area contributed by atoms with Gasteiger partial charge in [-0.1, -0.05) is 41.5 Å². The molecule has 5 atom stereocenters. The van der Waals surface area contributed by atoms with E-state index in [0.717, 1.165) is 32.1 Å². The number of ether oxygens (including phenoxy) is 2. The van der Waals surface area contributed by atoms with E-state index in [1.54, 1.807) is 7.11 Å².